The van der Waals surface area contributed by atoms with E-state index in [1.54, 1.807) is 35.8 Å². The number of thiazole rings is 1. The van der Waals surface area contributed by atoms with Crippen LogP contribution in [0.3, 0.4) is 0 Å². The molecule has 0 unspecified atom stereocenters. The maximum absolute atomic E-state index is 13.1. The number of anilines is 2. The molecule has 0 radical (unpaired) electrons. The molecule has 1 saturated heterocycles. The number of benzene rings is 2. The average Bonchev–Trinajstić information content (AvgIpc) is 3.48. The number of amides is 1. The Balaban J connectivity index is 0.00000304. The van der Waals surface area contributed by atoms with Crippen LogP contribution in [0.4, 0.5) is 10.8 Å². The van der Waals surface area contributed by atoms with Crippen molar-refractivity contribution in [2.24, 2.45) is 0 Å². The summed E-state index contributed by atoms with van der Waals surface area (Å²) in [6.45, 7) is 4.20. The van der Waals surface area contributed by atoms with E-state index < -0.39 is 10.0 Å². The number of fused-ring (bicyclic) bond motifs is 1. The first-order valence-corrected chi connectivity index (χ1v) is 13.9. The van der Waals surface area contributed by atoms with Gasteiger partial charge < -0.3 is 14.4 Å². The van der Waals surface area contributed by atoms with E-state index >= 15 is 0 Å². The molecular weight excluding hydrogens is 506 g/mol. The molecule has 1 fully saturated rings. The zero-order chi connectivity index (χ0) is 24.6. The summed E-state index contributed by atoms with van der Waals surface area (Å²) >= 11 is 7.37. The number of hydrogen-bond donors (Lipinski definition) is 1. The number of halogens is 1. The van der Waals surface area contributed by atoms with Gasteiger partial charge in [-0.25, -0.2) is 13.4 Å². The molecule has 8 nitrogen and oxygen atoms in total. The van der Waals surface area contributed by atoms with Gasteiger partial charge in [-0.3, -0.25) is 9.52 Å². The van der Waals surface area contributed by atoms with Crippen molar-refractivity contribution in [1.82, 2.24) is 14.5 Å². The molecule has 2 aromatic heterocycles. The van der Waals surface area contributed by atoms with Crippen LogP contribution in [0.5, 0.6) is 0 Å². The average molecular weight is 532 g/mol. The summed E-state index contributed by atoms with van der Waals surface area (Å²) in [5.41, 5.74) is 1.86. The fourth-order valence-corrected chi connectivity index (χ4v) is 6.33. The third-order valence-corrected chi connectivity index (χ3v) is 8.56. The van der Waals surface area contributed by atoms with Crippen LogP contribution in [0.15, 0.2) is 71.2 Å². The summed E-state index contributed by atoms with van der Waals surface area (Å²) in [6, 6.07) is 14.5. The summed E-state index contributed by atoms with van der Waals surface area (Å²) < 4.78 is 29.6. The van der Waals surface area contributed by atoms with Gasteiger partial charge in [0.05, 0.1) is 4.90 Å². The summed E-state index contributed by atoms with van der Waals surface area (Å²) in [5.74, 6) is 0.0596. The Bertz CT molecular complexity index is 1460. The highest BCUT2D eigenvalue weighted by Gasteiger charge is 2.28. The first-order valence-electron chi connectivity index (χ1n) is 11.1. The van der Waals surface area contributed by atoms with Crippen LogP contribution < -0.4 is 9.62 Å². The molecule has 0 bridgehead atoms. The van der Waals surface area contributed by atoms with Crippen LogP contribution in [0.25, 0.3) is 10.9 Å². The second-order valence-corrected chi connectivity index (χ2v) is 11.5. The standard InChI is InChI=1S/C24H24ClN5O3S2.H2/c1-17-15-28(20-4-6-21(7-5-20)35(32,33)27-24-26-9-13-34-24)11-12-30(17)23(31)16-29-10-8-18-2-3-19(25)14-22(18)29;/h2-10,13-14,17H,11-12,15-16H2,1H3,(H,26,27);1H/t17-;/m0./s1. The van der Waals surface area contributed by atoms with Crippen molar-refractivity contribution in [2.75, 3.05) is 29.3 Å². The van der Waals surface area contributed by atoms with Gasteiger partial charge in [-0.15, -0.1) is 11.3 Å². The van der Waals surface area contributed by atoms with Crippen LogP contribution in [-0.2, 0) is 21.4 Å². The number of nitrogens with zero attached hydrogens (tertiary/aromatic N) is 4. The molecule has 35 heavy (non-hydrogen) atoms. The maximum atomic E-state index is 13.1. The van der Waals surface area contributed by atoms with E-state index in [2.05, 4.69) is 14.6 Å². The lowest BCUT2D eigenvalue weighted by Gasteiger charge is -2.41. The van der Waals surface area contributed by atoms with Gasteiger partial charge in [0.2, 0.25) is 5.91 Å². The van der Waals surface area contributed by atoms with Gasteiger partial charge in [-0.05, 0) is 54.8 Å². The first-order chi connectivity index (χ1) is 16.8. The van der Waals surface area contributed by atoms with Crippen molar-refractivity contribution < 1.29 is 14.6 Å². The highest BCUT2D eigenvalue weighted by atomic mass is 35.5. The molecule has 184 valence electrons. The van der Waals surface area contributed by atoms with Crippen molar-refractivity contribution in [3.05, 3.63) is 71.3 Å². The van der Waals surface area contributed by atoms with Crippen molar-refractivity contribution in [1.29, 1.82) is 0 Å². The van der Waals surface area contributed by atoms with Gasteiger partial charge >= 0.3 is 0 Å². The van der Waals surface area contributed by atoms with E-state index in [1.165, 1.54) is 11.3 Å². The number of carbonyl (C=O) groups excluding carboxylic acids is 1. The van der Waals surface area contributed by atoms with Crippen molar-refractivity contribution in [3.63, 3.8) is 0 Å². The minimum absolute atomic E-state index is 0. The van der Waals surface area contributed by atoms with Gasteiger partial charge in [0.15, 0.2) is 5.13 Å². The Kier molecular flexibility index (Phi) is 6.43. The van der Waals surface area contributed by atoms with Crippen molar-refractivity contribution in [2.45, 2.75) is 24.4 Å². The second-order valence-electron chi connectivity index (χ2n) is 8.47. The minimum atomic E-state index is -3.69. The number of hydrogen-bond acceptors (Lipinski definition) is 6. The molecule has 1 N–H and O–H groups in total. The molecule has 1 amide bonds. The van der Waals surface area contributed by atoms with Gasteiger partial charge in [-0.1, -0.05) is 17.7 Å². The molecule has 1 aliphatic heterocycles. The molecular formula is C24H26ClN5O3S2. The summed E-state index contributed by atoms with van der Waals surface area (Å²) in [6.07, 6.45) is 3.46. The third kappa shape index (κ3) is 5.00. The smallest absolute Gasteiger partial charge is 0.263 e. The summed E-state index contributed by atoms with van der Waals surface area (Å²) in [5, 5.41) is 3.74. The van der Waals surface area contributed by atoms with Crippen LogP contribution in [0, 0.1) is 0 Å². The molecule has 1 aliphatic rings. The maximum Gasteiger partial charge on any atom is 0.263 e. The van der Waals surface area contributed by atoms with E-state index in [1.807, 2.05) is 46.9 Å². The van der Waals surface area contributed by atoms with Crippen molar-refractivity contribution in [3.8, 4) is 0 Å². The topological polar surface area (TPSA) is 87.5 Å². The SMILES string of the molecule is C[C@H]1CN(c2ccc(S(=O)(=O)Nc3nccs3)cc2)CCN1C(=O)Cn1ccc2ccc(Cl)cc21.[HH]. The largest absolute Gasteiger partial charge is 0.368 e. The molecule has 4 aromatic rings. The first kappa shape index (κ1) is 23.7. The Hall–Kier alpha value is -3.08. The number of carbonyl (C=O) groups is 1. The van der Waals surface area contributed by atoms with E-state index in [0.717, 1.165) is 16.6 Å². The monoisotopic (exact) mass is 531 g/mol. The van der Waals surface area contributed by atoms with E-state index in [-0.39, 0.29) is 24.8 Å². The number of sulfonamides is 1. The lowest BCUT2D eigenvalue weighted by atomic mass is 10.1. The van der Waals surface area contributed by atoms with Crippen LogP contribution in [0.2, 0.25) is 5.02 Å². The lowest BCUT2D eigenvalue weighted by Crippen LogP contribution is -2.54. The Labute approximate surface area is 214 Å². The van der Waals surface area contributed by atoms with Crippen LogP contribution >= 0.6 is 22.9 Å². The fraction of sp³-hybridized carbons (Fsp3) is 0.250. The zero-order valence-corrected chi connectivity index (χ0v) is 21.4. The number of rotatable bonds is 6. The quantitative estimate of drug-likeness (QED) is 0.395. The van der Waals surface area contributed by atoms with Crippen molar-refractivity contribution >= 4 is 60.6 Å². The number of aromatic nitrogens is 2. The minimum Gasteiger partial charge on any atom is -0.368 e. The summed E-state index contributed by atoms with van der Waals surface area (Å²) in [4.78, 5) is 21.3. The molecule has 11 heteroatoms. The van der Waals surface area contributed by atoms with Crippen LogP contribution in [-0.4, -0.2) is 54.5 Å². The van der Waals surface area contributed by atoms with Crippen LogP contribution in [0.1, 0.15) is 8.35 Å². The molecule has 3 heterocycles. The number of nitrogens with one attached hydrogen (secondary N) is 1. The lowest BCUT2D eigenvalue weighted by molar-refractivity contribution is -0.134. The van der Waals surface area contributed by atoms with Gasteiger partial charge in [0.1, 0.15) is 6.54 Å². The molecule has 0 saturated carbocycles. The number of piperazine rings is 1. The fourth-order valence-electron chi connectivity index (χ4n) is 4.38. The predicted octanol–water partition coefficient (Wildman–Crippen LogP) is 4.54. The molecule has 5 rings (SSSR count). The summed E-state index contributed by atoms with van der Waals surface area (Å²) in [7, 11) is -3.69. The van der Waals surface area contributed by atoms with E-state index in [9.17, 15) is 13.2 Å². The third-order valence-electron chi connectivity index (χ3n) is 6.16. The zero-order valence-electron chi connectivity index (χ0n) is 19.0. The Morgan fingerprint density at radius 2 is 2.00 bits per heavy atom. The highest BCUT2D eigenvalue weighted by Crippen LogP contribution is 2.25. The van der Waals surface area contributed by atoms with E-state index in [0.29, 0.717) is 29.8 Å². The molecule has 0 spiro atoms. The van der Waals surface area contributed by atoms with Gasteiger partial charge in [0.25, 0.3) is 10.0 Å². The Morgan fingerprint density at radius 1 is 1.20 bits per heavy atom. The normalized spacial score (nSPS) is 16.6. The van der Waals surface area contributed by atoms with Gasteiger partial charge in [0, 0.05) is 61.1 Å². The van der Waals surface area contributed by atoms with Gasteiger partial charge in [-0.2, -0.15) is 0 Å². The Morgan fingerprint density at radius 3 is 2.71 bits per heavy atom. The highest BCUT2D eigenvalue weighted by molar-refractivity contribution is 7.93. The second kappa shape index (κ2) is 9.52. The molecule has 1 atom stereocenters. The van der Waals surface area contributed by atoms with E-state index in [4.69, 9.17) is 11.6 Å². The molecule has 2 aromatic carbocycles. The predicted molar refractivity (Wildman–Crippen MR) is 142 cm³/mol. The molecule has 0 aliphatic carbocycles.